The van der Waals surface area contributed by atoms with Crippen LogP contribution < -0.4 is 10.2 Å². The average molecular weight is 188 g/mol. The van der Waals surface area contributed by atoms with Crippen molar-refractivity contribution >= 4 is 30.2 Å². The normalized spacial score (nSPS) is 10.8. The first-order chi connectivity index (χ1) is 5.25. The Morgan fingerprint density at radius 2 is 1.91 bits per heavy atom. The van der Waals surface area contributed by atoms with Crippen LogP contribution >= 0.6 is 19.2 Å². The van der Waals surface area contributed by atoms with Crippen LogP contribution in [0.5, 0.6) is 0 Å². The van der Waals surface area contributed by atoms with Gasteiger partial charge in [0, 0.05) is 33.0 Å². The van der Waals surface area contributed by atoms with Crippen LogP contribution in [0.2, 0.25) is 0 Å². The molecule has 1 atom stereocenters. The van der Waals surface area contributed by atoms with E-state index in [1.807, 2.05) is 26.2 Å². The predicted molar refractivity (Wildman–Crippen MR) is 54.6 cm³/mol. The highest BCUT2D eigenvalue weighted by atomic mass is 35.7. The molecule has 0 spiro atoms. The van der Waals surface area contributed by atoms with Crippen LogP contribution in [-0.2, 0) is 0 Å². The molecule has 0 amide bonds. The zero-order chi connectivity index (χ0) is 8.27. The lowest BCUT2D eigenvalue weighted by Gasteiger charge is -2.15. The van der Waals surface area contributed by atoms with E-state index >= 15 is 0 Å². The Hall–Kier alpha value is -0.260. The van der Waals surface area contributed by atoms with E-state index in [1.54, 1.807) is 0 Å². The Balaban J connectivity index is 3.02. The number of benzene rings is 1. The Kier molecular flexibility index (Phi) is 3.16. The van der Waals surface area contributed by atoms with Crippen molar-refractivity contribution < 1.29 is 0 Å². The van der Waals surface area contributed by atoms with Gasteiger partial charge in [0.1, 0.15) is 0 Å². The first-order valence-corrected chi connectivity index (χ1v) is 5.40. The predicted octanol–water partition coefficient (Wildman–Crippen LogP) is 2.21. The molecule has 0 saturated carbocycles. The van der Waals surface area contributed by atoms with Crippen LogP contribution in [0.4, 0.5) is 5.69 Å². The molecule has 0 aliphatic rings. The number of para-hydroxylation sites is 1. The van der Waals surface area contributed by atoms with Gasteiger partial charge in [-0.3, -0.25) is 0 Å². The molecule has 1 aromatic carbocycles. The van der Waals surface area contributed by atoms with Crippen molar-refractivity contribution in [3.05, 3.63) is 24.3 Å². The molecule has 0 aliphatic carbocycles. The zero-order valence-corrected chi connectivity index (χ0v) is 8.39. The maximum atomic E-state index is 5.78. The second-order valence-corrected chi connectivity index (χ2v) is 3.80. The summed E-state index contributed by atoms with van der Waals surface area (Å²) in [4.78, 5) is 2.07. The van der Waals surface area contributed by atoms with Crippen LogP contribution in [0, 0.1) is 0 Å². The Labute approximate surface area is 73.9 Å². The van der Waals surface area contributed by atoms with E-state index in [0.717, 1.165) is 0 Å². The van der Waals surface area contributed by atoms with Gasteiger partial charge in [0.05, 0.1) is 0 Å². The third-order valence-electron chi connectivity index (χ3n) is 1.49. The molecule has 0 bridgehead atoms. The molecule has 0 fully saturated rings. The van der Waals surface area contributed by atoms with Crippen LogP contribution in [0.1, 0.15) is 0 Å². The van der Waals surface area contributed by atoms with Crippen molar-refractivity contribution in [3.63, 3.8) is 0 Å². The molecule has 1 unspecified atom stereocenters. The number of nitrogens with zero attached hydrogens (tertiary/aromatic N) is 1. The highest BCUT2D eigenvalue weighted by molar-refractivity contribution is 7.75. The van der Waals surface area contributed by atoms with Crippen LogP contribution in [0.25, 0.3) is 0 Å². The summed E-state index contributed by atoms with van der Waals surface area (Å²) in [5.41, 5.74) is 1.21. The number of anilines is 1. The summed E-state index contributed by atoms with van der Waals surface area (Å²) >= 11 is 5.78. The smallest absolute Gasteiger partial charge is 0.0448 e. The molecule has 0 saturated heterocycles. The first-order valence-electron chi connectivity index (χ1n) is 3.38. The van der Waals surface area contributed by atoms with Crippen LogP contribution in [0.15, 0.2) is 24.3 Å². The van der Waals surface area contributed by atoms with Gasteiger partial charge < -0.3 is 4.90 Å². The lowest BCUT2D eigenvalue weighted by atomic mass is 10.3. The van der Waals surface area contributed by atoms with Gasteiger partial charge in [-0.1, -0.05) is 29.4 Å². The van der Waals surface area contributed by atoms with E-state index in [0.29, 0.717) is 7.93 Å². The third-order valence-corrected chi connectivity index (χ3v) is 2.72. The van der Waals surface area contributed by atoms with Crippen molar-refractivity contribution in [3.8, 4) is 0 Å². The monoisotopic (exact) mass is 187 g/mol. The fraction of sp³-hybridized carbons (Fsp3) is 0.250. The molecular weight excluding hydrogens is 177 g/mol. The number of hydrogen-bond donors (Lipinski definition) is 0. The van der Waals surface area contributed by atoms with Gasteiger partial charge in [-0.25, -0.2) is 0 Å². The summed E-state index contributed by atoms with van der Waals surface area (Å²) in [6.07, 6.45) is 0. The van der Waals surface area contributed by atoms with Crippen molar-refractivity contribution in [2.45, 2.75) is 0 Å². The molecule has 0 N–H and O–H groups in total. The number of rotatable bonds is 2. The van der Waals surface area contributed by atoms with Gasteiger partial charge in [0.2, 0.25) is 0 Å². The van der Waals surface area contributed by atoms with E-state index in [1.165, 1.54) is 11.0 Å². The summed E-state index contributed by atoms with van der Waals surface area (Å²) in [5, 5.41) is 1.21. The highest BCUT2D eigenvalue weighted by Crippen LogP contribution is 2.22. The van der Waals surface area contributed by atoms with Crippen molar-refractivity contribution in [1.82, 2.24) is 0 Å². The van der Waals surface area contributed by atoms with Crippen LogP contribution in [0.3, 0.4) is 0 Å². The summed E-state index contributed by atoms with van der Waals surface area (Å²) in [6.45, 7) is 0. The van der Waals surface area contributed by atoms with Crippen molar-refractivity contribution in [1.29, 1.82) is 0 Å². The summed E-state index contributed by atoms with van der Waals surface area (Å²) in [5.74, 6) is 0. The number of halogens is 1. The molecule has 60 valence electrons. The minimum absolute atomic E-state index is 0.352. The molecule has 1 aromatic rings. The second-order valence-electron chi connectivity index (χ2n) is 2.51. The highest BCUT2D eigenvalue weighted by Gasteiger charge is 2.00. The molecule has 0 heterocycles. The lowest BCUT2D eigenvalue weighted by Crippen LogP contribution is -2.15. The third kappa shape index (κ3) is 2.08. The summed E-state index contributed by atoms with van der Waals surface area (Å²) in [7, 11) is 4.40. The minimum atomic E-state index is 0.352. The standard InChI is InChI=1S/C8H11ClNP/c1-10(2)7-5-3-4-6-8(7)11-9/h3-6,11H,1-2H3. The molecule has 0 aliphatic heterocycles. The fourth-order valence-corrected chi connectivity index (χ4v) is 1.99. The molecular formula is C8H11ClNP. The topological polar surface area (TPSA) is 3.24 Å². The second kappa shape index (κ2) is 3.94. The van der Waals surface area contributed by atoms with Gasteiger partial charge >= 0.3 is 0 Å². The maximum absolute atomic E-state index is 5.78. The van der Waals surface area contributed by atoms with Gasteiger partial charge in [-0.05, 0) is 6.07 Å². The van der Waals surface area contributed by atoms with E-state index < -0.39 is 0 Å². The van der Waals surface area contributed by atoms with Gasteiger partial charge in [0.15, 0.2) is 0 Å². The van der Waals surface area contributed by atoms with Gasteiger partial charge in [0.25, 0.3) is 0 Å². The Morgan fingerprint density at radius 3 is 2.36 bits per heavy atom. The van der Waals surface area contributed by atoms with Crippen molar-refractivity contribution in [2.75, 3.05) is 19.0 Å². The molecule has 1 nitrogen and oxygen atoms in total. The summed E-state index contributed by atoms with van der Waals surface area (Å²) in [6, 6.07) is 8.17. The van der Waals surface area contributed by atoms with Crippen molar-refractivity contribution in [2.24, 2.45) is 0 Å². The largest absolute Gasteiger partial charge is 0.377 e. The molecule has 0 radical (unpaired) electrons. The quantitative estimate of drug-likeness (QED) is 0.642. The van der Waals surface area contributed by atoms with Gasteiger partial charge in [-0.2, -0.15) is 0 Å². The summed E-state index contributed by atoms with van der Waals surface area (Å²) < 4.78 is 0. The van der Waals surface area contributed by atoms with E-state index in [4.69, 9.17) is 11.2 Å². The van der Waals surface area contributed by atoms with E-state index in [-0.39, 0.29) is 0 Å². The van der Waals surface area contributed by atoms with E-state index in [9.17, 15) is 0 Å². The molecule has 3 heteroatoms. The minimum Gasteiger partial charge on any atom is -0.377 e. The maximum Gasteiger partial charge on any atom is 0.0448 e. The first kappa shape index (κ1) is 8.83. The zero-order valence-electron chi connectivity index (χ0n) is 6.63. The lowest BCUT2D eigenvalue weighted by molar-refractivity contribution is 1.14. The van der Waals surface area contributed by atoms with Gasteiger partial charge in [-0.15, -0.1) is 0 Å². The fourth-order valence-electron chi connectivity index (χ4n) is 0.944. The van der Waals surface area contributed by atoms with E-state index in [2.05, 4.69) is 17.0 Å². The molecule has 1 rings (SSSR count). The molecule has 11 heavy (non-hydrogen) atoms. The SMILES string of the molecule is CN(C)c1ccccc1PCl. The Morgan fingerprint density at radius 1 is 1.27 bits per heavy atom. The van der Waals surface area contributed by atoms with Crippen LogP contribution in [-0.4, -0.2) is 14.1 Å². The Bertz CT molecular complexity index is 237. The number of hydrogen-bond acceptors (Lipinski definition) is 1. The molecule has 0 aromatic heterocycles. The average Bonchev–Trinajstić information content (AvgIpc) is 2.04.